The van der Waals surface area contributed by atoms with Crippen LogP contribution in [0, 0.1) is 5.82 Å². The van der Waals surface area contributed by atoms with E-state index in [0.717, 1.165) is 16.9 Å². The molecule has 1 saturated heterocycles. The lowest BCUT2D eigenvalue weighted by Gasteiger charge is -2.15. The highest BCUT2D eigenvalue weighted by Crippen LogP contribution is 2.22. The highest BCUT2D eigenvalue weighted by atomic mass is 32.2. The Morgan fingerprint density at radius 1 is 1.20 bits per heavy atom. The summed E-state index contributed by atoms with van der Waals surface area (Å²) in [5, 5.41) is 8.76. The Balaban J connectivity index is 1.70. The Hall–Kier alpha value is -2.67. The van der Waals surface area contributed by atoms with Gasteiger partial charge < -0.3 is 4.74 Å². The third-order valence-corrected chi connectivity index (χ3v) is 4.53. The number of benzene rings is 2. The molecule has 25 heavy (non-hydrogen) atoms. The summed E-state index contributed by atoms with van der Waals surface area (Å²) in [4.78, 5) is 13.6. The number of amidine groups is 1. The molecule has 2 aromatic carbocycles. The maximum atomic E-state index is 13.0. The van der Waals surface area contributed by atoms with Gasteiger partial charge in [0.25, 0.3) is 0 Å². The number of hydrogen-bond donors (Lipinski definition) is 0. The lowest BCUT2D eigenvalue weighted by atomic mass is 10.2. The van der Waals surface area contributed by atoms with Gasteiger partial charge in [0.1, 0.15) is 11.6 Å². The number of methoxy groups -OCH3 is 1. The quantitative estimate of drug-likeness (QED) is 0.609. The van der Waals surface area contributed by atoms with Crippen molar-refractivity contribution in [1.82, 2.24) is 4.90 Å². The van der Waals surface area contributed by atoms with Crippen molar-refractivity contribution < 1.29 is 13.9 Å². The average molecular weight is 357 g/mol. The number of halogens is 1. The van der Waals surface area contributed by atoms with Crippen LogP contribution in [0.3, 0.4) is 0 Å². The maximum absolute atomic E-state index is 13.0. The van der Waals surface area contributed by atoms with Gasteiger partial charge in [0, 0.05) is 0 Å². The third kappa shape index (κ3) is 4.45. The second-order valence-electron chi connectivity index (χ2n) is 5.30. The summed E-state index contributed by atoms with van der Waals surface area (Å²) >= 11 is 1.34. The summed E-state index contributed by atoms with van der Waals surface area (Å²) in [7, 11) is 1.61. The Kier molecular flexibility index (Phi) is 5.45. The van der Waals surface area contributed by atoms with Crippen molar-refractivity contribution in [3.05, 3.63) is 65.5 Å². The van der Waals surface area contributed by atoms with Gasteiger partial charge in [-0.05, 0) is 47.5 Å². The van der Waals surface area contributed by atoms with Crippen LogP contribution >= 0.6 is 11.8 Å². The van der Waals surface area contributed by atoms with Crippen LogP contribution < -0.4 is 4.74 Å². The van der Waals surface area contributed by atoms with Gasteiger partial charge in [-0.1, -0.05) is 23.9 Å². The molecule has 1 heterocycles. The van der Waals surface area contributed by atoms with Crippen molar-refractivity contribution in [1.29, 1.82) is 0 Å². The fraction of sp³-hybridized carbons (Fsp3) is 0.167. The van der Waals surface area contributed by atoms with Crippen molar-refractivity contribution in [2.75, 3.05) is 12.9 Å². The number of nitrogens with zero attached hydrogens (tertiary/aromatic N) is 3. The molecule has 5 nitrogen and oxygen atoms in total. The first-order chi connectivity index (χ1) is 12.2. The van der Waals surface area contributed by atoms with Crippen LogP contribution in [0.5, 0.6) is 5.75 Å². The Morgan fingerprint density at radius 3 is 2.60 bits per heavy atom. The van der Waals surface area contributed by atoms with E-state index in [1.165, 1.54) is 23.9 Å². The van der Waals surface area contributed by atoms with Gasteiger partial charge in [0.2, 0.25) is 5.91 Å². The zero-order valence-electron chi connectivity index (χ0n) is 13.6. The molecule has 1 aliphatic rings. The van der Waals surface area contributed by atoms with E-state index in [-0.39, 0.29) is 11.7 Å². The molecule has 7 heteroatoms. The summed E-state index contributed by atoms with van der Waals surface area (Å²) < 4.78 is 18.1. The van der Waals surface area contributed by atoms with Crippen LogP contribution in [0.1, 0.15) is 11.1 Å². The lowest BCUT2D eigenvalue weighted by Crippen LogP contribution is -2.28. The van der Waals surface area contributed by atoms with Gasteiger partial charge in [-0.2, -0.15) is 5.10 Å². The third-order valence-electron chi connectivity index (χ3n) is 3.58. The minimum absolute atomic E-state index is 0.0345. The first kappa shape index (κ1) is 17.2. The standard InChI is InChI=1S/C18H16FN3O2S/c1-24-16-8-4-13(5-9-16)10-20-21-18-22(17(23)12-25-18)11-14-2-6-15(19)7-3-14/h2-10H,11-12H2,1H3/b20-10+,21-18-. The number of carbonyl (C=O) groups is 1. The fourth-order valence-electron chi connectivity index (χ4n) is 2.23. The molecule has 0 aromatic heterocycles. The summed E-state index contributed by atoms with van der Waals surface area (Å²) in [6.07, 6.45) is 1.62. The van der Waals surface area contributed by atoms with Gasteiger partial charge in [-0.3, -0.25) is 9.69 Å². The van der Waals surface area contributed by atoms with Crippen molar-refractivity contribution in [2.45, 2.75) is 6.54 Å². The Morgan fingerprint density at radius 2 is 1.92 bits per heavy atom. The van der Waals surface area contributed by atoms with E-state index < -0.39 is 0 Å². The van der Waals surface area contributed by atoms with Gasteiger partial charge in [-0.15, -0.1) is 5.10 Å². The van der Waals surface area contributed by atoms with Gasteiger partial charge in [-0.25, -0.2) is 4.39 Å². The molecule has 1 fully saturated rings. The van der Waals surface area contributed by atoms with E-state index in [4.69, 9.17) is 4.74 Å². The molecular formula is C18H16FN3O2S. The van der Waals surface area contributed by atoms with E-state index in [0.29, 0.717) is 17.5 Å². The van der Waals surface area contributed by atoms with Crippen molar-refractivity contribution >= 4 is 29.1 Å². The predicted molar refractivity (Wildman–Crippen MR) is 97.4 cm³/mol. The Labute approximate surface area is 149 Å². The smallest absolute Gasteiger partial charge is 0.239 e. The van der Waals surface area contributed by atoms with Crippen LogP contribution in [0.15, 0.2) is 58.7 Å². The van der Waals surface area contributed by atoms with E-state index in [9.17, 15) is 9.18 Å². The molecule has 3 rings (SSSR count). The summed E-state index contributed by atoms with van der Waals surface area (Å²) in [5.41, 5.74) is 1.72. The highest BCUT2D eigenvalue weighted by molar-refractivity contribution is 8.15. The van der Waals surface area contributed by atoms with Crippen molar-refractivity contribution in [3.63, 3.8) is 0 Å². The molecule has 2 aromatic rings. The number of carbonyl (C=O) groups excluding carboxylic acids is 1. The molecule has 0 spiro atoms. The molecule has 1 amide bonds. The topological polar surface area (TPSA) is 54.3 Å². The van der Waals surface area contributed by atoms with Gasteiger partial charge in [0.05, 0.1) is 25.6 Å². The minimum atomic E-state index is -0.302. The molecule has 0 N–H and O–H groups in total. The average Bonchev–Trinajstić information content (AvgIpc) is 2.98. The van der Waals surface area contributed by atoms with Crippen LogP contribution in [0.4, 0.5) is 4.39 Å². The van der Waals surface area contributed by atoms with Crippen molar-refractivity contribution in [3.8, 4) is 5.75 Å². The first-order valence-corrected chi connectivity index (χ1v) is 8.57. The normalized spacial score (nSPS) is 16.2. The number of rotatable bonds is 5. The second-order valence-corrected chi connectivity index (χ2v) is 6.24. The van der Waals surface area contributed by atoms with Gasteiger partial charge in [0.15, 0.2) is 5.17 Å². The van der Waals surface area contributed by atoms with E-state index in [1.807, 2.05) is 24.3 Å². The zero-order chi connectivity index (χ0) is 17.6. The van der Waals surface area contributed by atoms with E-state index >= 15 is 0 Å². The zero-order valence-corrected chi connectivity index (χ0v) is 14.4. The molecule has 128 valence electrons. The second kappa shape index (κ2) is 7.94. The predicted octanol–water partition coefficient (Wildman–Crippen LogP) is 3.30. The monoisotopic (exact) mass is 357 g/mol. The van der Waals surface area contributed by atoms with E-state index in [2.05, 4.69) is 10.2 Å². The molecule has 1 aliphatic heterocycles. The molecule has 0 unspecified atom stereocenters. The molecular weight excluding hydrogens is 341 g/mol. The molecule has 0 saturated carbocycles. The lowest BCUT2D eigenvalue weighted by molar-refractivity contribution is -0.124. The van der Waals surface area contributed by atoms with Crippen LogP contribution in [-0.4, -0.2) is 35.1 Å². The Bertz CT molecular complexity index is 804. The molecule has 0 radical (unpaired) electrons. The van der Waals surface area contributed by atoms with E-state index in [1.54, 1.807) is 30.4 Å². The first-order valence-electron chi connectivity index (χ1n) is 7.58. The summed E-state index contributed by atoms with van der Waals surface area (Å²) in [6.45, 7) is 0.350. The highest BCUT2D eigenvalue weighted by Gasteiger charge is 2.28. The number of hydrogen-bond acceptors (Lipinski definition) is 5. The van der Waals surface area contributed by atoms with Crippen LogP contribution in [0.2, 0.25) is 0 Å². The maximum Gasteiger partial charge on any atom is 0.239 e. The number of ether oxygens (including phenoxy) is 1. The summed E-state index contributed by atoms with van der Waals surface area (Å²) in [6, 6.07) is 13.5. The molecule has 0 bridgehead atoms. The largest absolute Gasteiger partial charge is 0.497 e. The SMILES string of the molecule is COc1ccc(/C=N/N=C2\SCC(=O)N2Cc2ccc(F)cc2)cc1. The van der Waals surface area contributed by atoms with Crippen molar-refractivity contribution in [2.24, 2.45) is 10.2 Å². The fourth-order valence-corrected chi connectivity index (χ4v) is 3.07. The molecule has 0 aliphatic carbocycles. The number of thioether (sulfide) groups is 1. The molecule has 0 atom stereocenters. The minimum Gasteiger partial charge on any atom is -0.497 e. The van der Waals surface area contributed by atoms with Crippen LogP contribution in [0.25, 0.3) is 0 Å². The van der Waals surface area contributed by atoms with Crippen LogP contribution in [-0.2, 0) is 11.3 Å². The summed E-state index contributed by atoms with van der Waals surface area (Å²) in [5.74, 6) is 0.764. The number of amides is 1. The van der Waals surface area contributed by atoms with Gasteiger partial charge >= 0.3 is 0 Å².